The molecule has 0 saturated heterocycles. The number of thioether (sulfide) groups is 1. The van der Waals surface area contributed by atoms with E-state index in [0.29, 0.717) is 24.2 Å². The molecule has 4 aromatic rings. The Morgan fingerprint density at radius 3 is 2.27 bits per heavy atom. The van der Waals surface area contributed by atoms with Gasteiger partial charge in [-0.2, -0.15) is 0 Å². The zero-order valence-corrected chi connectivity index (χ0v) is 23.5. The van der Waals surface area contributed by atoms with Crippen molar-refractivity contribution < 1.29 is 18.0 Å². The number of anilines is 2. The number of carbonyl (C=O) groups excluding carboxylic acids is 2. The molecule has 0 unspecified atom stereocenters. The van der Waals surface area contributed by atoms with Gasteiger partial charge in [0.2, 0.25) is 0 Å². The number of amides is 2. The Bertz CT molecular complexity index is 1680. The Labute approximate surface area is 238 Å². The number of sulfone groups is 1. The molecule has 0 fully saturated rings. The topological polar surface area (TPSA) is 83.6 Å². The van der Waals surface area contributed by atoms with Gasteiger partial charge in [0.15, 0.2) is 0 Å². The maximum atomic E-state index is 13.3. The second kappa shape index (κ2) is 11.9. The minimum absolute atomic E-state index is 0.00964. The average Bonchev–Trinajstić information content (AvgIpc) is 3.09. The van der Waals surface area contributed by atoms with E-state index in [0.717, 1.165) is 32.2 Å². The van der Waals surface area contributed by atoms with Crippen LogP contribution in [0.3, 0.4) is 0 Å². The molecule has 0 spiro atoms. The number of carbonyl (C=O) groups is 2. The first kappa shape index (κ1) is 27.4. The predicted octanol–water partition coefficient (Wildman–Crippen LogP) is 6.56. The number of para-hydroxylation sites is 1. The Morgan fingerprint density at radius 1 is 0.850 bits per heavy atom. The van der Waals surface area contributed by atoms with Crippen LogP contribution in [0.5, 0.6) is 0 Å². The van der Waals surface area contributed by atoms with Gasteiger partial charge in [-0.15, -0.1) is 0 Å². The molecule has 0 radical (unpaired) electrons. The molecule has 5 rings (SSSR count). The second-order valence-electron chi connectivity index (χ2n) is 9.55. The molecule has 1 heterocycles. The first-order valence-electron chi connectivity index (χ1n) is 12.8. The van der Waals surface area contributed by atoms with Gasteiger partial charge >= 0.3 is 0 Å². The van der Waals surface area contributed by atoms with Crippen LogP contribution < -0.4 is 10.2 Å². The van der Waals surface area contributed by atoms with Gasteiger partial charge in [0.25, 0.3) is 11.8 Å². The van der Waals surface area contributed by atoms with Crippen LogP contribution in [0.2, 0.25) is 0 Å². The molecule has 1 aliphatic heterocycles. The standard InChI is InChI=1S/C32H28N2O4S2/c1-40(37,38)20-19-26-21-31(35)34(29-13-7-8-14-30(29)39-26)22-23-15-17-25(18-16-23)33-32(36)28-12-6-5-11-27(28)24-9-3-2-4-10-24/h2-18,21H,19-20,22H2,1H3,(H,33,36). The summed E-state index contributed by atoms with van der Waals surface area (Å²) in [5, 5.41) is 2.98. The lowest BCUT2D eigenvalue weighted by atomic mass is 9.99. The second-order valence-corrected chi connectivity index (χ2v) is 13.0. The first-order chi connectivity index (χ1) is 19.3. The number of nitrogens with zero attached hydrogens (tertiary/aromatic N) is 1. The number of rotatable bonds is 8. The van der Waals surface area contributed by atoms with Gasteiger partial charge in [-0.05, 0) is 58.3 Å². The molecular weight excluding hydrogens is 540 g/mol. The van der Waals surface area contributed by atoms with Crippen molar-refractivity contribution in [3.63, 3.8) is 0 Å². The van der Waals surface area contributed by atoms with E-state index in [1.165, 1.54) is 24.1 Å². The molecule has 1 N–H and O–H groups in total. The lowest BCUT2D eigenvalue weighted by molar-refractivity contribution is -0.114. The molecule has 0 atom stereocenters. The van der Waals surface area contributed by atoms with E-state index in [1.54, 1.807) is 4.90 Å². The maximum absolute atomic E-state index is 13.3. The van der Waals surface area contributed by atoms with Crippen LogP contribution in [0.25, 0.3) is 11.1 Å². The van der Waals surface area contributed by atoms with Crippen molar-refractivity contribution >= 4 is 44.8 Å². The summed E-state index contributed by atoms with van der Waals surface area (Å²) in [7, 11) is -3.15. The van der Waals surface area contributed by atoms with Crippen molar-refractivity contribution in [3.05, 3.63) is 125 Å². The predicted molar refractivity (Wildman–Crippen MR) is 162 cm³/mol. The van der Waals surface area contributed by atoms with E-state index in [2.05, 4.69) is 5.32 Å². The fourth-order valence-corrected chi connectivity index (χ4v) is 6.26. The van der Waals surface area contributed by atoms with Crippen molar-refractivity contribution in [2.45, 2.75) is 17.9 Å². The SMILES string of the molecule is CS(=O)(=O)CCC1=CC(=O)N(Cc2ccc(NC(=O)c3ccccc3-c3ccccc3)cc2)c2ccccc2S1. The van der Waals surface area contributed by atoms with Crippen molar-refractivity contribution in [2.75, 3.05) is 22.2 Å². The Hall–Kier alpha value is -4.14. The van der Waals surface area contributed by atoms with Crippen LogP contribution in [-0.4, -0.2) is 32.2 Å². The first-order valence-corrected chi connectivity index (χ1v) is 15.7. The average molecular weight is 569 g/mol. The molecule has 4 aromatic carbocycles. The quantitative estimate of drug-likeness (QED) is 0.260. The molecule has 6 nitrogen and oxygen atoms in total. The van der Waals surface area contributed by atoms with E-state index in [-0.39, 0.29) is 17.6 Å². The smallest absolute Gasteiger partial charge is 0.256 e. The summed E-state index contributed by atoms with van der Waals surface area (Å²) >= 11 is 1.43. The lowest BCUT2D eigenvalue weighted by Crippen LogP contribution is -2.28. The molecule has 0 aromatic heterocycles. The van der Waals surface area contributed by atoms with Gasteiger partial charge in [0.05, 0.1) is 18.0 Å². The minimum Gasteiger partial charge on any atom is -0.322 e. The summed E-state index contributed by atoms with van der Waals surface area (Å²) in [5.41, 5.74) is 4.73. The van der Waals surface area contributed by atoms with Crippen LogP contribution in [0.4, 0.5) is 11.4 Å². The Morgan fingerprint density at radius 2 is 1.52 bits per heavy atom. The fraction of sp³-hybridized carbons (Fsp3) is 0.125. The van der Waals surface area contributed by atoms with E-state index < -0.39 is 9.84 Å². The minimum atomic E-state index is -3.15. The zero-order valence-electron chi connectivity index (χ0n) is 21.9. The van der Waals surface area contributed by atoms with Gasteiger partial charge in [-0.1, -0.05) is 84.6 Å². The van der Waals surface area contributed by atoms with Gasteiger partial charge in [-0.3, -0.25) is 9.59 Å². The van der Waals surface area contributed by atoms with Gasteiger partial charge in [-0.25, -0.2) is 8.42 Å². The van der Waals surface area contributed by atoms with Gasteiger partial charge in [0, 0.05) is 28.5 Å². The molecule has 0 saturated carbocycles. The van der Waals surface area contributed by atoms with Crippen molar-refractivity contribution in [3.8, 4) is 11.1 Å². The van der Waals surface area contributed by atoms with E-state index in [1.807, 2.05) is 103 Å². The third kappa shape index (κ3) is 6.70. The van der Waals surface area contributed by atoms with Crippen molar-refractivity contribution in [1.82, 2.24) is 0 Å². The summed E-state index contributed by atoms with van der Waals surface area (Å²) in [5.74, 6) is -0.409. The molecule has 8 heteroatoms. The monoisotopic (exact) mass is 568 g/mol. The van der Waals surface area contributed by atoms with Crippen LogP contribution >= 0.6 is 11.8 Å². The highest BCUT2D eigenvalue weighted by atomic mass is 32.2. The van der Waals surface area contributed by atoms with Crippen molar-refractivity contribution in [1.29, 1.82) is 0 Å². The molecule has 202 valence electrons. The largest absolute Gasteiger partial charge is 0.322 e. The van der Waals surface area contributed by atoms with E-state index in [9.17, 15) is 18.0 Å². The summed E-state index contributed by atoms with van der Waals surface area (Å²) < 4.78 is 23.4. The molecule has 40 heavy (non-hydrogen) atoms. The highest BCUT2D eigenvalue weighted by Gasteiger charge is 2.23. The lowest BCUT2D eigenvalue weighted by Gasteiger charge is -2.22. The summed E-state index contributed by atoms with van der Waals surface area (Å²) in [4.78, 5) is 29.7. The fourth-order valence-electron chi connectivity index (χ4n) is 4.47. The van der Waals surface area contributed by atoms with Crippen LogP contribution in [0.15, 0.2) is 119 Å². The number of hydrogen-bond acceptors (Lipinski definition) is 5. The number of benzene rings is 4. The Balaban J connectivity index is 1.32. The number of allylic oxidation sites excluding steroid dienone is 1. The van der Waals surface area contributed by atoms with Crippen molar-refractivity contribution in [2.24, 2.45) is 0 Å². The third-order valence-electron chi connectivity index (χ3n) is 6.48. The molecule has 2 amide bonds. The van der Waals surface area contributed by atoms with Crippen LogP contribution in [0, 0.1) is 0 Å². The number of nitrogens with one attached hydrogen (secondary N) is 1. The van der Waals surface area contributed by atoms with E-state index >= 15 is 0 Å². The molecule has 0 bridgehead atoms. The van der Waals surface area contributed by atoms with Crippen LogP contribution in [0.1, 0.15) is 22.3 Å². The summed E-state index contributed by atoms with van der Waals surface area (Å²) in [6.07, 6.45) is 3.03. The highest BCUT2D eigenvalue weighted by Crippen LogP contribution is 2.39. The van der Waals surface area contributed by atoms with Gasteiger partial charge < -0.3 is 10.2 Å². The highest BCUT2D eigenvalue weighted by molar-refractivity contribution is 8.03. The third-order valence-corrected chi connectivity index (χ3v) is 8.57. The molecule has 1 aliphatic rings. The summed E-state index contributed by atoms with van der Waals surface area (Å²) in [6, 6.07) is 32.3. The number of hydrogen-bond donors (Lipinski definition) is 1. The molecule has 0 aliphatic carbocycles. The molecular formula is C32H28N2O4S2. The maximum Gasteiger partial charge on any atom is 0.256 e. The zero-order chi connectivity index (χ0) is 28.1. The van der Waals surface area contributed by atoms with Crippen LogP contribution in [-0.2, 0) is 21.2 Å². The summed E-state index contributed by atoms with van der Waals surface area (Å²) in [6.45, 7) is 0.331. The van der Waals surface area contributed by atoms with E-state index in [4.69, 9.17) is 0 Å². The van der Waals surface area contributed by atoms with Gasteiger partial charge in [0.1, 0.15) is 9.84 Å². The number of fused-ring (bicyclic) bond motifs is 1. The normalized spacial score (nSPS) is 13.3. The Kier molecular flexibility index (Phi) is 8.19.